The van der Waals surface area contributed by atoms with Crippen molar-refractivity contribution in [1.82, 2.24) is 10.0 Å². The fourth-order valence-electron chi connectivity index (χ4n) is 2.94. The Balaban J connectivity index is 1.66. The van der Waals surface area contributed by atoms with E-state index in [-0.39, 0.29) is 17.0 Å². The lowest BCUT2D eigenvalue weighted by molar-refractivity contribution is -0.115. The first kappa shape index (κ1) is 24.9. The van der Waals surface area contributed by atoms with E-state index >= 15 is 0 Å². The zero-order valence-electron chi connectivity index (χ0n) is 17.9. The molecule has 0 aliphatic rings. The molecular weight excluding hydrogens is 471 g/mol. The molecule has 0 saturated heterocycles. The number of rotatable bonds is 8. The quantitative estimate of drug-likeness (QED) is 0.421. The SMILES string of the molecule is Cc1ccc(S(=O)(=O)NCc2ccccc2)cc1C(=O)NCC(=O)Nc1ccc(F)c(F)c1F. The molecule has 0 aliphatic heterocycles. The number of nitrogens with one attached hydrogen (secondary N) is 3. The molecule has 0 unspecified atom stereocenters. The molecule has 178 valence electrons. The average molecular weight is 491 g/mol. The molecule has 34 heavy (non-hydrogen) atoms. The Hall–Kier alpha value is -3.70. The van der Waals surface area contributed by atoms with Crippen molar-refractivity contribution in [2.75, 3.05) is 11.9 Å². The largest absolute Gasteiger partial charge is 0.343 e. The Morgan fingerprint density at radius 3 is 2.32 bits per heavy atom. The van der Waals surface area contributed by atoms with E-state index in [0.29, 0.717) is 11.6 Å². The van der Waals surface area contributed by atoms with Gasteiger partial charge in [0.1, 0.15) is 0 Å². The Morgan fingerprint density at radius 1 is 0.912 bits per heavy atom. The summed E-state index contributed by atoms with van der Waals surface area (Å²) in [5, 5.41) is 4.31. The normalized spacial score (nSPS) is 11.2. The van der Waals surface area contributed by atoms with Gasteiger partial charge in [0.15, 0.2) is 17.5 Å². The van der Waals surface area contributed by atoms with Crippen LogP contribution in [-0.4, -0.2) is 26.8 Å². The first-order valence-electron chi connectivity index (χ1n) is 9.94. The van der Waals surface area contributed by atoms with E-state index in [1.165, 1.54) is 18.2 Å². The molecule has 0 fully saturated rings. The summed E-state index contributed by atoms with van der Waals surface area (Å²) in [4.78, 5) is 24.4. The van der Waals surface area contributed by atoms with Gasteiger partial charge in [-0.1, -0.05) is 36.4 Å². The second-order valence-electron chi connectivity index (χ2n) is 7.24. The number of aryl methyl sites for hydroxylation is 1. The topological polar surface area (TPSA) is 104 Å². The van der Waals surface area contributed by atoms with Crippen LogP contribution in [-0.2, 0) is 21.4 Å². The summed E-state index contributed by atoms with van der Waals surface area (Å²) in [6.07, 6.45) is 0. The van der Waals surface area contributed by atoms with Crippen LogP contribution in [0.5, 0.6) is 0 Å². The van der Waals surface area contributed by atoms with Crippen LogP contribution in [0.25, 0.3) is 0 Å². The Bertz CT molecular complexity index is 1330. The molecule has 0 atom stereocenters. The molecule has 3 aromatic carbocycles. The van der Waals surface area contributed by atoms with Crippen LogP contribution in [0.1, 0.15) is 21.5 Å². The minimum absolute atomic E-state index is 0.00870. The van der Waals surface area contributed by atoms with Crippen molar-refractivity contribution in [3.05, 3.63) is 94.8 Å². The van der Waals surface area contributed by atoms with E-state index < -0.39 is 51.5 Å². The molecule has 7 nitrogen and oxygen atoms in total. The van der Waals surface area contributed by atoms with Crippen molar-refractivity contribution in [3.63, 3.8) is 0 Å². The number of carbonyl (C=O) groups excluding carboxylic acids is 2. The Labute approximate surface area is 194 Å². The van der Waals surface area contributed by atoms with E-state index in [0.717, 1.165) is 11.6 Å². The van der Waals surface area contributed by atoms with Crippen LogP contribution < -0.4 is 15.4 Å². The monoisotopic (exact) mass is 491 g/mol. The minimum Gasteiger partial charge on any atom is -0.343 e. The van der Waals surface area contributed by atoms with Gasteiger partial charge >= 0.3 is 0 Å². The van der Waals surface area contributed by atoms with Gasteiger partial charge in [-0.25, -0.2) is 26.3 Å². The highest BCUT2D eigenvalue weighted by Gasteiger charge is 2.19. The van der Waals surface area contributed by atoms with Crippen LogP contribution in [0.15, 0.2) is 65.6 Å². The predicted octanol–water partition coefficient (Wildman–Crippen LogP) is 3.26. The maximum Gasteiger partial charge on any atom is 0.252 e. The predicted molar refractivity (Wildman–Crippen MR) is 119 cm³/mol. The second kappa shape index (κ2) is 10.5. The lowest BCUT2D eigenvalue weighted by Crippen LogP contribution is -2.33. The molecule has 0 heterocycles. The van der Waals surface area contributed by atoms with Crippen LogP contribution in [0, 0.1) is 24.4 Å². The molecule has 0 saturated carbocycles. The second-order valence-corrected chi connectivity index (χ2v) is 9.01. The van der Waals surface area contributed by atoms with Gasteiger partial charge in [-0.3, -0.25) is 9.59 Å². The summed E-state index contributed by atoms with van der Waals surface area (Å²) in [5.41, 5.74) is 0.618. The standard InChI is InChI=1S/C23H20F3N3O4S/c1-14-7-8-16(34(32,33)28-12-15-5-3-2-4-6-15)11-17(14)23(31)27-13-20(30)29-19-10-9-18(24)21(25)22(19)26/h2-11,28H,12-13H2,1H3,(H,27,31)(H,29,30). The fraction of sp³-hybridized carbons (Fsp3) is 0.130. The van der Waals surface area contributed by atoms with Crippen molar-refractivity contribution in [1.29, 1.82) is 0 Å². The lowest BCUT2D eigenvalue weighted by atomic mass is 10.1. The van der Waals surface area contributed by atoms with Gasteiger partial charge in [-0.05, 0) is 42.3 Å². The summed E-state index contributed by atoms with van der Waals surface area (Å²) in [6, 6.07) is 14.3. The molecule has 0 bridgehead atoms. The van der Waals surface area contributed by atoms with Crippen LogP contribution in [0.3, 0.4) is 0 Å². The molecule has 0 aliphatic carbocycles. The number of anilines is 1. The van der Waals surface area contributed by atoms with Crippen molar-refractivity contribution < 1.29 is 31.2 Å². The third kappa shape index (κ3) is 6.00. The summed E-state index contributed by atoms with van der Waals surface area (Å²) < 4.78 is 67.7. The van der Waals surface area contributed by atoms with Gasteiger partial charge < -0.3 is 10.6 Å². The molecule has 0 spiro atoms. The van der Waals surface area contributed by atoms with Crippen molar-refractivity contribution >= 4 is 27.5 Å². The number of benzene rings is 3. The molecule has 2 amide bonds. The first-order chi connectivity index (χ1) is 16.1. The van der Waals surface area contributed by atoms with Gasteiger partial charge in [0, 0.05) is 12.1 Å². The Morgan fingerprint density at radius 2 is 1.62 bits per heavy atom. The van der Waals surface area contributed by atoms with Crippen molar-refractivity contribution in [2.24, 2.45) is 0 Å². The first-order valence-corrected chi connectivity index (χ1v) is 11.4. The van der Waals surface area contributed by atoms with Gasteiger partial charge in [0.05, 0.1) is 17.1 Å². The van der Waals surface area contributed by atoms with Gasteiger partial charge in [0.2, 0.25) is 15.9 Å². The number of hydrogen-bond acceptors (Lipinski definition) is 4. The smallest absolute Gasteiger partial charge is 0.252 e. The molecule has 3 rings (SSSR count). The van der Waals surface area contributed by atoms with Gasteiger partial charge in [-0.15, -0.1) is 0 Å². The van der Waals surface area contributed by atoms with E-state index in [4.69, 9.17) is 0 Å². The average Bonchev–Trinajstić information content (AvgIpc) is 2.82. The zero-order valence-corrected chi connectivity index (χ0v) is 18.7. The number of hydrogen-bond donors (Lipinski definition) is 3. The number of sulfonamides is 1. The van der Waals surface area contributed by atoms with Crippen molar-refractivity contribution in [2.45, 2.75) is 18.4 Å². The minimum atomic E-state index is -3.93. The number of amides is 2. The van der Waals surface area contributed by atoms with Gasteiger partial charge in [-0.2, -0.15) is 0 Å². The Kier molecular flexibility index (Phi) is 7.69. The molecule has 11 heteroatoms. The van der Waals surface area contributed by atoms with E-state index in [9.17, 15) is 31.2 Å². The van der Waals surface area contributed by atoms with Gasteiger partial charge in [0.25, 0.3) is 5.91 Å². The molecule has 0 radical (unpaired) electrons. The molecule has 3 aromatic rings. The highest BCUT2D eigenvalue weighted by atomic mass is 32.2. The van der Waals surface area contributed by atoms with Crippen molar-refractivity contribution in [3.8, 4) is 0 Å². The maximum absolute atomic E-state index is 13.7. The summed E-state index contributed by atoms with van der Waals surface area (Å²) >= 11 is 0. The molecular formula is C23H20F3N3O4S. The summed E-state index contributed by atoms with van der Waals surface area (Å²) in [7, 11) is -3.93. The van der Waals surface area contributed by atoms with Crippen LogP contribution in [0.2, 0.25) is 0 Å². The fourth-order valence-corrected chi connectivity index (χ4v) is 3.99. The summed E-state index contributed by atoms with van der Waals surface area (Å²) in [6.45, 7) is 1.01. The molecule has 3 N–H and O–H groups in total. The third-order valence-electron chi connectivity index (χ3n) is 4.79. The molecule has 0 aromatic heterocycles. The number of halogens is 3. The third-order valence-corrected chi connectivity index (χ3v) is 6.19. The summed E-state index contributed by atoms with van der Waals surface area (Å²) in [5.74, 6) is -6.37. The maximum atomic E-state index is 13.7. The van der Waals surface area contributed by atoms with Crippen LogP contribution >= 0.6 is 0 Å². The highest BCUT2D eigenvalue weighted by molar-refractivity contribution is 7.89. The highest BCUT2D eigenvalue weighted by Crippen LogP contribution is 2.20. The van der Waals surface area contributed by atoms with E-state index in [1.807, 2.05) is 5.32 Å². The zero-order chi connectivity index (χ0) is 24.9. The van der Waals surface area contributed by atoms with E-state index in [1.54, 1.807) is 37.3 Å². The van der Waals surface area contributed by atoms with Crippen LogP contribution in [0.4, 0.5) is 18.9 Å². The lowest BCUT2D eigenvalue weighted by Gasteiger charge is -2.12. The number of carbonyl (C=O) groups is 2. The van der Waals surface area contributed by atoms with E-state index in [2.05, 4.69) is 10.0 Å².